The fourth-order valence-electron chi connectivity index (χ4n) is 1.65. The van der Waals surface area contributed by atoms with E-state index in [-0.39, 0.29) is 6.04 Å². The highest BCUT2D eigenvalue weighted by Crippen LogP contribution is 2.19. The van der Waals surface area contributed by atoms with Crippen molar-refractivity contribution < 1.29 is 4.42 Å². The Hall–Kier alpha value is -1.59. The largest absolute Gasteiger partial charge is 0.468 e. The van der Waals surface area contributed by atoms with Crippen LogP contribution in [0.3, 0.4) is 0 Å². The number of furan rings is 1. The molecular formula is C12H15ClN4O. The quantitative estimate of drug-likeness (QED) is 0.901. The number of halogens is 1. The number of hydrogen-bond donors (Lipinski definition) is 1. The molecule has 0 aliphatic carbocycles. The first-order valence-corrected chi connectivity index (χ1v) is 5.96. The molecule has 1 N–H and O–H groups in total. The van der Waals surface area contributed by atoms with Gasteiger partial charge in [0.2, 0.25) is 0 Å². The predicted molar refractivity (Wildman–Crippen MR) is 70.7 cm³/mol. The van der Waals surface area contributed by atoms with E-state index in [2.05, 4.69) is 20.2 Å². The molecule has 0 spiro atoms. The van der Waals surface area contributed by atoms with Crippen LogP contribution in [0.4, 0.5) is 5.82 Å². The molecule has 5 nitrogen and oxygen atoms in total. The van der Waals surface area contributed by atoms with Crippen LogP contribution in [0.5, 0.6) is 0 Å². The smallest absolute Gasteiger partial charge is 0.149 e. The summed E-state index contributed by atoms with van der Waals surface area (Å²) in [4.78, 5) is 10.2. The van der Waals surface area contributed by atoms with Crippen LogP contribution < -0.4 is 5.32 Å². The van der Waals surface area contributed by atoms with Crippen molar-refractivity contribution in [2.24, 2.45) is 0 Å². The van der Waals surface area contributed by atoms with Crippen molar-refractivity contribution >= 4 is 17.4 Å². The average molecular weight is 267 g/mol. The molecule has 2 aromatic rings. The highest BCUT2D eigenvalue weighted by molar-refractivity contribution is 6.29. The van der Waals surface area contributed by atoms with Crippen molar-refractivity contribution in [2.45, 2.75) is 6.04 Å². The van der Waals surface area contributed by atoms with Crippen molar-refractivity contribution in [3.05, 3.63) is 41.7 Å². The third-order valence-electron chi connectivity index (χ3n) is 2.58. The second-order valence-electron chi connectivity index (χ2n) is 4.10. The summed E-state index contributed by atoms with van der Waals surface area (Å²) < 4.78 is 5.43. The van der Waals surface area contributed by atoms with Gasteiger partial charge in [0.1, 0.15) is 16.7 Å². The van der Waals surface area contributed by atoms with Gasteiger partial charge in [-0.25, -0.2) is 4.98 Å². The third-order valence-corrected chi connectivity index (χ3v) is 2.76. The number of aromatic nitrogens is 2. The van der Waals surface area contributed by atoms with E-state index < -0.39 is 0 Å². The zero-order valence-electron chi connectivity index (χ0n) is 10.3. The molecule has 6 heteroatoms. The summed E-state index contributed by atoms with van der Waals surface area (Å²) in [6.45, 7) is 0.662. The van der Waals surface area contributed by atoms with Gasteiger partial charge in [-0.1, -0.05) is 11.6 Å². The molecule has 96 valence electrons. The molecule has 0 amide bonds. The van der Waals surface area contributed by atoms with E-state index in [1.54, 1.807) is 12.5 Å². The van der Waals surface area contributed by atoms with Gasteiger partial charge in [-0.15, -0.1) is 0 Å². The van der Waals surface area contributed by atoms with Crippen molar-refractivity contribution in [3.8, 4) is 0 Å². The maximum Gasteiger partial charge on any atom is 0.149 e. The summed E-state index contributed by atoms with van der Waals surface area (Å²) in [6.07, 6.45) is 4.81. The van der Waals surface area contributed by atoms with Crippen LogP contribution in [-0.2, 0) is 0 Å². The first kappa shape index (κ1) is 12.9. The summed E-state index contributed by atoms with van der Waals surface area (Å²) in [5, 5.41) is 3.57. The Bertz CT molecular complexity index is 487. The highest BCUT2D eigenvalue weighted by Gasteiger charge is 2.16. The number of nitrogens with one attached hydrogen (secondary N) is 1. The predicted octanol–water partition coefficient (Wildman–Crippen LogP) is 2.44. The van der Waals surface area contributed by atoms with Gasteiger partial charge in [0.25, 0.3) is 0 Å². The second-order valence-corrected chi connectivity index (χ2v) is 4.49. The SMILES string of the molecule is CN(C)C(CNc1cncc(Cl)n1)c1ccco1. The van der Waals surface area contributed by atoms with E-state index in [9.17, 15) is 0 Å². The topological polar surface area (TPSA) is 54.2 Å². The lowest BCUT2D eigenvalue weighted by atomic mass is 10.2. The van der Waals surface area contributed by atoms with E-state index in [1.807, 2.05) is 26.2 Å². The first-order valence-electron chi connectivity index (χ1n) is 5.58. The van der Waals surface area contributed by atoms with Crippen LogP contribution in [0, 0.1) is 0 Å². The Labute approximate surface area is 111 Å². The minimum atomic E-state index is 0.126. The molecule has 18 heavy (non-hydrogen) atoms. The summed E-state index contributed by atoms with van der Waals surface area (Å²) in [6, 6.07) is 3.96. The molecule has 2 heterocycles. The maximum atomic E-state index is 5.78. The van der Waals surface area contributed by atoms with Gasteiger partial charge in [0, 0.05) is 6.54 Å². The summed E-state index contributed by atoms with van der Waals surface area (Å²) in [5.41, 5.74) is 0. The number of rotatable bonds is 5. The summed E-state index contributed by atoms with van der Waals surface area (Å²) in [7, 11) is 4.00. The van der Waals surface area contributed by atoms with Gasteiger partial charge >= 0.3 is 0 Å². The molecule has 0 bridgehead atoms. The van der Waals surface area contributed by atoms with Crippen molar-refractivity contribution in [1.82, 2.24) is 14.9 Å². The van der Waals surface area contributed by atoms with E-state index in [0.717, 1.165) is 5.76 Å². The molecule has 0 aliphatic heterocycles. The van der Waals surface area contributed by atoms with Crippen LogP contribution in [0.15, 0.2) is 35.2 Å². The fourth-order valence-corrected chi connectivity index (χ4v) is 1.79. The fraction of sp³-hybridized carbons (Fsp3) is 0.333. The Morgan fingerprint density at radius 3 is 2.89 bits per heavy atom. The molecule has 0 aliphatic rings. The molecule has 0 saturated carbocycles. The zero-order valence-corrected chi connectivity index (χ0v) is 11.1. The van der Waals surface area contributed by atoms with Crippen molar-refractivity contribution in [2.75, 3.05) is 26.0 Å². The van der Waals surface area contributed by atoms with Gasteiger partial charge in [-0.05, 0) is 26.2 Å². The zero-order chi connectivity index (χ0) is 13.0. The lowest BCUT2D eigenvalue weighted by Crippen LogP contribution is -2.26. The van der Waals surface area contributed by atoms with E-state index in [4.69, 9.17) is 16.0 Å². The van der Waals surface area contributed by atoms with Gasteiger partial charge in [-0.3, -0.25) is 9.88 Å². The number of nitrogens with zero attached hydrogens (tertiary/aromatic N) is 3. The van der Waals surface area contributed by atoms with Gasteiger partial charge < -0.3 is 9.73 Å². The Morgan fingerprint density at radius 2 is 2.28 bits per heavy atom. The first-order chi connectivity index (χ1) is 8.66. The Morgan fingerprint density at radius 1 is 1.44 bits per heavy atom. The molecule has 2 rings (SSSR count). The standard InChI is InChI=1S/C12H15ClN4O/c1-17(2)9(10-4-3-5-18-10)6-15-12-8-14-7-11(13)16-12/h3-5,7-9H,6H2,1-2H3,(H,15,16). The number of likely N-dealkylation sites (N-methyl/N-ethyl adjacent to an activating group) is 1. The average Bonchev–Trinajstić information content (AvgIpc) is 2.82. The van der Waals surface area contributed by atoms with Crippen LogP contribution in [0.2, 0.25) is 5.15 Å². The van der Waals surface area contributed by atoms with Gasteiger partial charge in [-0.2, -0.15) is 0 Å². The van der Waals surface area contributed by atoms with Gasteiger partial charge in [0.05, 0.1) is 24.7 Å². The number of anilines is 1. The Kier molecular flexibility index (Phi) is 4.17. The Balaban J connectivity index is 2.03. The minimum absolute atomic E-state index is 0.126. The monoisotopic (exact) mass is 266 g/mol. The molecule has 2 aromatic heterocycles. The summed E-state index contributed by atoms with van der Waals surface area (Å²) >= 11 is 5.78. The summed E-state index contributed by atoms with van der Waals surface area (Å²) in [5.74, 6) is 1.56. The van der Waals surface area contributed by atoms with Crippen LogP contribution in [-0.4, -0.2) is 35.5 Å². The molecule has 1 atom stereocenters. The molecular weight excluding hydrogens is 252 g/mol. The molecule has 0 fully saturated rings. The molecule has 0 aromatic carbocycles. The highest BCUT2D eigenvalue weighted by atomic mass is 35.5. The normalized spacial score (nSPS) is 12.7. The maximum absolute atomic E-state index is 5.78. The van der Waals surface area contributed by atoms with Crippen LogP contribution in [0.1, 0.15) is 11.8 Å². The molecule has 0 radical (unpaired) electrons. The lowest BCUT2D eigenvalue weighted by molar-refractivity contribution is 0.269. The van der Waals surface area contributed by atoms with Crippen LogP contribution >= 0.6 is 11.6 Å². The third kappa shape index (κ3) is 3.21. The molecule has 1 unspecified atom stereocenters. The van der Waals surface area contributed by atoms with E-state index >= 15 is 0 Å². The van der Waals surface area contributed by atoms with Crippen molar-refractivity contribution in [1.29, 1.82) is 0 Å². The molecule has 0 saturated heterocycles. The second kappa shape index (κ2) is 5.84. The van der Waals surface area contributed by atoms with E-state index in [1.165, 1.54) is 6.20 Å². The van der Waals surface area contributed by atoms with Crippen LogP contribution in [0.25, 0.3) is 0 Å². The lowest BCUT2D eigenvalue weighted by Gasteiger charge is -2.22. The van der Waals surface area contributed by atoms with Crippen molar-refractivity contribution in [3.63, 3.8) is 0 Å². The minimum Gasteiger partial charge on any atom is -0.468 e. The van der Waals surface area contributed by atoms with Gasteiger partial charge in [0.15, 0.2) is 0 Å². The van der Waals surface area contributed by atoms with E-state index in [0.29, 0.717) is 17.5 Å². The number of hydrogen-bond acceptors (Lipinski definition) is 5.